The van der Waals surface area contributed by atoms with Crippen molar-refractivity contribution >= 4 is 69.3 Å². The minimum Gasteiger partial charge on any atom is -0.426 e. The number of likely N-dealkylation sites (N-methyl/N-ethyl adjacent to an activating group) is 1. The highest BCUT2D eigenvalue weighted by atomic mass is 16.5. The first-order chi connectivity index (χ1) is 26.0. The van der Waals surface area contributed by atoms with Crippen molar-refractivity contribution in [3.63, 3.8) is 0 Å². The standard InChI is InChI=1S/C40H42N8O6/c1-5-47(6-2)19-18-41-39(52)37-24(3)33(43-25(37)4)22-31-30-21-29(14-15-32(30)46-38(31)51)54-36(50)17-16-35(49)48-34-20-28(13-12-26(34)23-42-48)45-40(53)44-27-10-8-7-9-11-27/h7-15,20-23,43H,5-6,16-19H2,1-4H3,(H,41,52)(H,46,51)(H2,44,45,53)/b31-22-. The van der Waals surface area contributed by atoms with Crippen LogP contribution in [-0.4, -0.2) is 75.6 Å². The lowest BCUT2D eigenvalue weighted by Crippen LogP contribution is -2.35. The average molecular weight is 731 g/mol. The van der Waals surface area contributed by atoms with E-state index in [4.69, 9.17) is 4.74 Å². The van der Waals surface area contributed by atoms with Crippen LogP contribution in [0, 0.1) is 13.8 Å². The Hall–Kier alpha value is -6.54. The van der Waals surface area contributed by atoms with Gasteiger partial charge in [-0.05, 0) is 87.1 Å². The van der Waals surface area contributed by atoms with Crippen molar-refractivity contribution in [2.75, 3.05) is 42.1 Å². The van der Waals surface area contributed by atoms with Gasteiger partial charge >= 0.3 is 12.0 Å². The third kappa shape index (κ3) is 8.40. The number of H-pyrrole nitrogens is 1. The molecule has 0 radical (unpaired) electrons. The Labute approximate surface area is 311 Å². The number of nitrogens with zero attached hydrogens (tertiary/aromatic N) is 3. The van der Waals surface area contributed by atoms with Crippen molar-refractivity contribution in [3.05, 3.63) is 101 Å². The maximum Gasteiger partial charge on any atom is 0.323 e. The van der Waals surface area contributed by atoms with Crippen LogP contribution in [0.5, 0.6) is 5.75 Å². The molecule has 4 amide bonds. The van der Waals surface area contributed by atoms with Gasteiger partial charge in [0.05, 0.1) is 29.3 Å². The van der Waals surface area contributed by atoms with Crippen LogP contribution < -0.4 is 26.0 Å². The number of rotatable bonds is 13. The van der Waals surface area contributed by atoms with E-state index in [1.807, 2.05) is 32.0 Å². The van der Waals surface area contributed by atoms with Crippen molar-refractivity contribution in [1.29, 1.82) is 0 Å². The highest BCUT2D eigenvalue weighted by Gasteiger charge is 2.27. The topological polar surface area (TPSA) is 180 Å². The Morgan fingerprint density at radius 2 is 1.69 bits per heavy atom. The maximum atomic E-state index is 13.2. The number of nitrogens with one attached hydrogen (secondary N) is 5. The number of amides is 4. The van der Waals surface area contributed by atoms with Gasteiger partial charge in [-0.15, -0.1) is 0 Å². The number of esters is 1. The number of anilines is 3. The summed E-state index contributed by atoms with van der Waals surface area (Å²) in [6, 6.07) is 18.4. The molecule has 0 unspecified atom stereocenters. The van der Waals surface area contributed by atoms with Crippen LogP contribution in [0.1, 0.15) is 64.4 Å². The molecule has 0 atom stereocenters. The van der Waals surface area contributed by atoms with Gasteiger partial charge in [-0.1, -0.05) is 32.0 Å². The fourth-order valence-electron chi connectivity index (χ4n) is 6.34. The first-order valence-electron chi connectivity index (χ1n) is 17.8. The van der Waals surface area contributed by atoms with Crippen LogP contribution in [0.25, 0.3) is 22.6 Å². The van der Waals surface area contributed by atoms with Crippen molar-refractivity contribution in [2.45, 2.75) is 40.5 Å². The lowest BCUT2D eigenvalue weighted by Gasteiger charge is -2.18. The van der Waals surface area contributed by atoms with Gasteiger partial charge in [-0.3, -0.25) is 19.2 Å². The lowest BCUT2D eigenvalue weighted by atomic mass is 10.0. The number of ether oxygens (including phenoxy) is 1. The molecule has 0 saturated heterocycles. The van der Waals surface area contributed by atoms with Gasteiger partial charge in [-0.2, -0.15) is 5.10 Å². The van der Waals surface area contributed by atoms with Gasteiger partial charge in [-0.25, -0.2) is 9.48 Å². The zero-order valence-electron chi connectivity index (χ0n) is 30.5. The van der Waals surface area contributed by atoms with Gasteiger partial charge in [0.25, 0.3) is 11.8 Å². The average Bonchev–Trinajstić information content (AvgIpc) is 3.81. The minimum atomic E-state index is -0.644. The molecule has 5 aromatic rings. The van der Waals surface area contributed by atoms with Crippen LogP contribution in [-0.2, 0) is 9.59 Å². The molecule has 0 spiro atoms. The Bertz CT molecular complexity index is 2270. The summed E-state index contributed by atoms with van der Waals surface area (Å²) in [5.74, 6) is -1.40. The molecule has 2 aromatic heterocycles. The number of urea groups is 1. The number of carbonyl (C=O) groups is 5. The zero-order chi connectivity index (χ0) is 38.4. The predicted octanol–water partition coefficient (Wildman–Crippen LogP) is 6.22. The number of aromatic amines is 1. The summed E-state index contributed by atoms with van der Waals surface area (Å²) in [7, 11) is 0. The molecule has 1 aliphatic rings. The van der Waals surface area contributed by atoms with E-state index in [2.05, 4.69) is 50.1 Å². The highest BCUT2D eigenvalue weighted by molar-refractivity contribution is 6.35. The number of fused-ring (bicyclic) bond motifs is 2. The second-order valence-electron chi connectivity index (χ2n) is 12.8. The van der Waals surface area contributed by atoms with Crippen LogP contribution in [0.4, 0.5) is 21.9 Å². The molecule has 5 N–H and O–H groups in total. The maximum absolute atomic E-state index is 13.2. The van der Waals surface area contributed by atoms with Gasteiger partial charge in [0.2, 0.25) is 5.91 Å². The molecule has 278 valence electrons. The molecular formula is C40H42N8O6. The number of hydrogen-bond donors (Lipinski definition) is 5. The first kappa shape index (κ1) is 37.2. The number of aryl methyl sites for hydroxylation is 1. The third-order valence-corrected chi connectivity index (χ3v) is 9.25. The first-order valence-corrected chi connectivity index (χ1v) is 17.8. The van der Waals surface area contributed by atoms with Crippen LogP contribution in [0.15, 0.2) is 72.9 Å². The molecular weight excluding hydrogens is 688 g/mol. The summed E-state index contributed by atoms with van der Waals surface area (Å²) in [6.07, 6.45) is 2.81. The number of benzene rings is 3. The predicted molar refractivity (Wildman–Crippen MR) is 208 cm³/mol. The van der Waals surface area contributed by atoms with Crippen molar-refractivity contribution < 1.29 is 28.7 Å². The summed E-state index contributed by atoms with van der Waals surface area (Å²) >= 11 is 0. The Balaban J connectivity index is 1.09. The molecule has 3 heterocycles. The molecule has 0 bridgehead atoms. The van der Waals surface area contributed by atoms with Gasteiger partial charge in [0.15, 0.2) is 0 Å². The van der Waals surface area contributed by atoms with E-state index in [0.717, 1.165) is 19.6 Å². The molecule has 0 fully saturated rings. The SMILES string of the molecule is CCN(CC)CCNC(=O)c1c(C)[nH]c(/C=C2\C(=O)Nc3ccc(OC(=O)CCC(=O)n4ncc5ccc(NC(=O)Nc6ccccc6)cc54)cc32)c1C. The fraction of sp³-hybridized carbons (Fsp3) is 0.250. The van der Waals surface area contributed by atoms with Crippen molar-refractivity contribution in [2.24, 2.45) is 0 Å². The van der Waals surface area contributed by atoms with E-state index >= 15 is 0 Å². The van der Waals surface area contributed by atoms with E-state index in [-0.39, 0.29) is 30.4 Å². The highest BCUT2D eigenvalue weighted by Crippen LogP contribution is 2.36. The van der Waals surface area contributed by atoms with Crippen molar-refractivity contribution in [1.82, 2.24) is 25.0 Å². The molecule has 1 aliphatic heterocycles. The second-order valence-corrected chi connectivity index (χ2v) is 12.8. The number of hydrogen-bond acceptors (Lipinski definition) is 8. The van der Waals surface area contributed by atoms with Crippen LogP contribution >= 0.6 is 0 Å². The summed E-state index contributed by atoms with van der Waals surface area (Å²) < 4.78 is 6.78. The van der Waals surface area contributed by atoms with Gasteiger partial charge < -0.3 is 35.9 Å². The zero-order valence-corrected chi connectivity index (χ0v) is 30.5. The Morgan fingerprint density at radius 3 is 2.44 bits per heavy atom. The molecule has 14 nitrogen and oxygen atoms in total. The molecule has 3 aromatic carbocycles. The number of aromatic nitrogens is 3. The molecule has 0 saturated carbocycles. The third-order valence-electron chi connectivity index (χ3n) is 9.25. The van der Waals surface area contributed by atoms with Gasteiger partial charge in [0.1, 0.15) is 5.75 Å². The number of para-hydroxylation sites is 1. The van der Waals surface area contributed by atoms with Gasteiger partial charge in [0, 0.05) is 58.9 Å². The van der Waals surface area contributed by atoms with Crippen LogP contribution in [0.3, 0.4) is 0 Å². The van der Waals surface area contributed by atoms with E-state index in [1.54, 1.807) is 54.6 Å². The molecule has 6 rings (SSSR count). The second kappa shape index (κ2) is 16.4. The Morgan fingerprint density at radius 1 is 0.926 bits per heavy atom. The van der Waals surface area contributed by atoms with Crippen molar-refractivity contribution in [3.8, 4) is 5.75 Å². The van der Waals surface area contributed by atoms with E-state index in [1.165, 1.54) is 10.9 Å². The quantitative estimate of drug-likeness (QED) is 0.0539. The minimum absolute atomic E-state index is 0.186. The van der Waals surface area contributed by atoms with E-state index in [9.17, 15) is 24.0 Å². The summed E-state index contributed by atoms with van der Waals surface area (Å²) in [4.78, 5) is 70.2. The monoisotopic (exact) mass is 730 g/mol. The molecule has 54 heavy (non-hydrogen) atoms. The Kier molecular flexibility index (Phi) is 11.3. The van der Waals surface area contributed by atoms with E-state index in [0.29, 0.717) is 68.2 Å². The largest absolute Gasteiger partial charge is 0.426 e. The summed E-state index contributed by atoms with van der Waals surface area (Å²) in [5, 5.41) is 16.2. The normalized spacial score (nSPS) is 12.8. The molecule has 14 heteroatoms. The fourth-order valence-corrected chi connectivity index (χ4v) is 6.34. The smallest absolute Gasteiger partial charge is 0.323 e. The lowest BCUT2D eigenvalue weighted by molar-refractivity contribution is -0.134. The number of carbonyl (C=O) groups excluding carboxylic acids is 5. The van der Waals surface area contributed by atoms with E-state index < -0.39 is 17.9 Å². The summed E-state index contributed by atoms with van der Waals surface area (Å²) in [6.45, 7) is 10.9. The summed E-state index contributed by atoms with van der Waals surface area (Å²) in [5.41, 5.74) is 5.51. The molecule has 0 aliphatic carbocycles. The van der Waals surface area contributed by atoms with Crippen LogP contribution in [0.2, 0.25) is 0 Å².